The Morgan fingerprint density at radius 3 is 2.00 bits per heavy atom. The molecule has 0 saturated carbocycles. The van der Waals surface area contributed by atoms with Crippen molar-refractivity contribution in [3.63, 3.8) is 0 Å². The van der Waals surface area contributed by atoms with Gasteiger partial charge in [-0.1, -0.05) is 0 Å². The Bertz CT molecular complexity index is 470. The van der Waals surface area contributed by atoms with Gasteiger partial charge in [0.15, 0.2) is 6.29 Å². The maximum absolute atomic E-state index is 11.5. The van der Waals surface area contributed by atoms with Gasteiger partial charge in [0, 0.05) is 7.05 Å². The van der Waals surface area contributed by atoms with Crippen LogP contribution >= 0.6 is 0 Å². The van der Waals surface area contributed by atoms with Gasteiger partial charge in [0.1, 0.15) is 0 Å². The van der Waals surface area contributed by atoms with Gasteiger partial charge in [-0.2, -0.15) is 0 Å². The number of carbonyl (C=O) groups is 2. The molecular formula is C9H13N5O2. The minimum atomic E-state index is -0.544. The number of benzene rings is 1. The highest BCUT2D eigenvalue weighted by atomic mass is 16.1. The molecule has 16 heavy (non-hydrogen) atoms. The van der Waals surface area contributed by atoms with E-state index >= 15 is 0 Å². The lowest BCUT2D eigenvalue weighted by atomic mass is 10.0. The van der Waals surface area contributed by atoms with Crippen molar-refractivity contribution in [2.45, 2.75) is 0 Å². The van der Waals surface area contributed by atoms with Crippen LogP contribution in [0.3, 0.4) is 0 Å². The molecule has 0 heterocycles. The zero-order valence-corrected chi connectivity index (χ0v) is 8.70. The average molecular weight is 223 g/mol. The summed E-state index contributed by atoms with van der Waals surface area (Å²) in [5, 5.41) is 2.34. The van der Waals surface area contributed by atoms with Crippen LogP contribution in [0.25, 0.3) is 0 Å². The van der Waals surface area contributed by atoms with Gasteiger partial charge in [0.2, 0.25) is 0 Å². The van der Waals surface area contributed by atoms with Gasteiger partial charge in [-0.15, -0.1) is 0 Å². The molecule has 0 saturated heterocycles. The molecule has 0 unspecified atom stereocenters. The molecule has 0 aliphatic carbocycles. The van der Waals surface area contributed by atoms with Crippen LogP contribution in [0.5, 0.6) is 0 Å². The molecule has 86 valence electrons. The SMILES string of the molecule is CNC(=O)c1c(N)c(N)c(N)c(N)c1C=O. The van der Waals surface area contributed by atoms with E-state index in [1.165, 1.54) is 7.05 Å². The Kier molecular flexibility index (Phi) is 2.89. The summed E-state index contributed by atoms with van der Waals surface area (Å²) in [5.74, 6) is -0.544. The number of anilines is 4. The van der Waals surface area contributed by atoms with Gasteiger partial charge in [-0.3, -0.25) is 9.59 Å². The average Bonchev–Trinajstić information content (AvgIpc) is 2.29. The first-order chi connectivity index (χ1) is 7.45. The molecule has 9 N–H and O–H groups in total. The second-order valence-corrected chi connectivity index (χ2v) is 3.14. The minimum Gasteiger partial charge on any atom is -0.396 e. The summed E-state index contributed by atoms with van der Waals surface area (Å²) in [6.45, 7) is 0. The largest absolute Gasteiger partial charge is 0.396 e. The third-order valence-electron chi connectivity index (χ3n) is 2.27. The number of aldehydes is 1. The van der Waals surface area contributed by atoms with E-state index in [0.29, 0.717) is 6.29 Å². The molecule has 0 aliphatic heterocycles. The second kappa shape index (κ2) is 3.97. The van der Waals surface area contributed by atoms with Crippen molar-refractivity contribution in [2.75, 3.05) is 30.0 Å². The molecule has 1 aromatic rings. The summed E-state index contributed by atoms with van der Waals surface area (Å²) in [7, 11) is 1.40. The molecule has 0 aromatic heterocycles. The molecular weight excluding hydrogens is 210 g/mol. The van der Waals surface area contributed by atoms with Crippen molar-refractivity contribution >= 4 is 34.9 Å². The Balaban J connectivity index is 3.70. The van der Waals surface area contributed by atoms with Crippen LogP contribution in [-0.4, -0.2) is 19.2 Å². The second-order valence-electron chi connectivity index (χ2n) is 3.14. The van der Waals surface area contributed by atoms with E-state index in [9.17, 15) is 9.59 Å². The molecule has 0 spiro atoms. The fourth-order valence-corrected chi connectivity index (χ4v) is 1.34. The lowest BCUT2D eigenvalue weighted by Crippen LogP contribution is -2.23. The number of carbonyl (C=O) groups excluding carboxylic acids is 2. The maximum atomic E-state index is 11.5. The first kappa shape index (κ1) is 11.6. The van der Waals surface area contributed by atoms with Gasteiger partial charge in [-0.25, -0.2) is 0 Å². The summed E-state index contributed by atoms with van der Waals surface area (Å²) in [6.07, 6.45) is 0.423. The Hall–Kier alpha value is -2.44. The third kappa shape index (κ3) is 1.48. The molecule has 0 atom stereocenters. The number of nitrogens with two attached hydrogens (primary N) is 4. The van der Waals surface area contributed by atoms with Gasteiger partial charge in [0.05, 0.1) is 33.9 Å². The summed E-state index contributed by atoms with van der Waals surface area (Å²) in [6, 6.07) is 0. The predicted molar refractivity (Wildman–Crippen MR) is 62.9 cm³/mol. The number of rotatable bonds is 2. The minimum absolute atomic E-state index is 0.00157. The molecule has 1 aromatic carbocycles. The molecule has 7 nitrogen and oxygen atoms in total. The van der Waals surface area contributed by atoms with Crippen LogP contribution in [-0.2, 0) is 0 Å². The molecule has 7 heteroatoms. The van der Waals surface area contributed by atoms with Crippen molar-refractivity contribution in [2.24, 2.45) is 0 Å². The number of amides is 1. The lowest BCUT2D eigenvalue weighted by Gasteiger charge is -2.15. The Labute approximate surface area is 91.8 Å². The predicted octanol–water partition coefficient (Wildman–Crippen LogP) is -0.813. The van der Waals surface area contributed by atoms with E-state index in [2.05, 4.69) is 5.32 Å². The zero-order valence-electron chi connectivity index (χ0n) is 8.70. The topological polar surface area (TPSA) is 150 Å². The van der Waals surface area contributed by atoms with E-state index in [4.69, 9.17) is 22.9 Å². The zero-order chi connectivity index (χ0) is 12.5. The molecule has 0 aliphatic rings. The van der Waals surface area contributed by atoms with E-state index in [0.717, 1.165) is 0 Å². The molecule has 0 bridgehead atoms. The van der Waals surface area contributed by atoms with E-state index in [-0.39, 0.29) is 33.9 Å². The van der Waals surface area contributed by atoms with Crippen molar-refractivity contribution in [3.8, 4) is 0 Å². The van der Waals surface area contributed by atoms with Gasteiger partial charge in [0.25, 0.3) is 5.91 Å². The quantitative estimate of drug-likeness (QED) is 0.326. The summed E-state index contributed by atoms with van der Waals surface area (Å²) in [4.78, 5) is 22.4. The fourth-order valence-electron chi connectivity index (χ4n) is 1.34. The smallest absolute Gasteiger partial charge is 0.254 e. The number of nitrogens with one attached hydrogen (secondary N) is 1. The highest BCUT2D eigenvalue weighted by Crippen LogP contribution is 2.35. The third-order valence-corrected chi connectivity index (χ3v) is 2.27. The van der Waals surface area contributed by atoms with Crippen molar-refractivity contribution in [3.05, 3.63) is 11.1 Å². The van der Waals surface area contributed by atoms with Crippen LogP contribution in [0.1, 0.15) is 20.7 Å². The number of hydrogen-bond acceptors (Lipinski definition) is 6. The molecule has 1 rings (SSSR count). The Morgan fingerprint density at radius 2 is 1.56 bits per heavy atom. The standard InChI is InChI=1S/C9H13N5O2/c1-14-9(16)4-3(2-15)5(10)7(12)8(13)6(4)11/h2H,10-13H2,1H3,(H,14,16). The van der Waals surface area contributed by atoms with Crippen molar-refractivity contribution < 1.29 is 9.59 Å². The fraction of sp³-hybridized carbons (Fsp3) is 0.111. The summed E-state index contributed by atoms with van der Waals surface area (Å²) in [5.41, 5.74) is 22.1. The van der Waals surface area contributed by atoms with Crippen LogP contribution < -0.4 is 28.3 Å². The van der Waals surface area contributed by atoms with Crippen LogP contribution in [0, 0.1) is 0 Å². The van der Waals surface area contributed by atoms with Crippen LogP contribution in [0.4, 0.5) is 22.7 Å². The highest BCUT2D eigenvalue weighted by molar-refractivity contribution is 6.13. The van der Waals surface area contributed by atoms with E-state index in [1.807, 2.05) is 0 Å². The first-order valence-electron chi connectivity index (χ1n) is 4.38. The van der Waals surface area contributed by atoms with Crippen molar-refractivity contribution in [1.82, 2.24) is 5.32 Å². The van der Waals surface area contributed by atoms with Crippen molar-refractivity contribution in [1.29, 1.82) is 0 Å². The maximum Gasteiger partial charge on any atom is 0.254 e. The normalized spacial score (nSPS) is 9.81. The van der Waals surface area contributed by atoms with Gasteiger partial charge in [-0.05, 0) is 0 Å². The van der Waals surface area contributed by atoms with Crippen LogP contribution in [0.15, 0.2) is 0 Å². The molecule has 1 amide bonds. The number of hydrogen-bond donors (Lipinski definition) is 5. The van der Waals surface area contributed by atoms with E-state index in [1.54, 1.807) is 0 Å². The van der Waals surface area contributed by atoms with Crippen LogP contribution in [0.2, 0.25) is 0 Å². The highest BCUT2D eigenvalue weighted by Gasteiger charge is 2.21. The summed E-state index contributed by atoms with van der Waals surface area (Å²) >= 11 is 0. The van der Waals surface area contributed by atoms with E-state index < -0.39 is 5.91 Å². The molecule has 0 radical (unpaired) electrons. The number of nitrogen functional groups attached to an aromatic ring is 4. The van der Waals surface area contributed by atoms with Gasteiger partial charge >= 0.3 is 0 Å². The van der Waals surface area contributed by atoms with Gasteiger partial charge < -0.3 is 28.3 Å². The lowest BCUT2D eigenvalue weighted by molar-refractivity contribution is 0.0958. The monoisotopic (exact) mass is 223 g/mol. The Morgan fingerprint density at radius 1 is 1.06 bits per heavy atom. The summed E-state index contributed by atoms with van der Waals surface area (Å²) < 4.78 is 0. The molecule has 0 fully saturated rings. The first-order valence-corrected chi connectivity index (χ1v) is 4.38.